The van der Waals surface area contributed by atoms with Crippen LogP contribution in [0, 0.1) is 0 Å². The SMILES string of the molecule is CC(C)P(=O)(N[C@@H](CO)C(=O)O)C(C)C. The molecule has 3 N–H and O–H groups in total. The summed E-state index contributed by atoms with van der Waals surface area (Å²) < 4.78 is 12.4. The molecule has 0 bridgehead atoms. The molecule has 0 heterocycles. The van der Waals surface area contributed by atoms with Gasteiger partial charge in [0.05, 0.1) is 6.61 Å². The molecule has 0 saturated heterocycles. The van der Waals surface area contributed by atoms with Gasteiger partial charge in [-0.05, 0) is 0 Å². The molecule has 0 aromatic carbocycles. The number of carboxylic acids is 1. The van der Waals surface area contributed by atoms with Crippen LogP contribution in [0.15, 0.2) is 0 Å². The Kier molecular flexibility index (Phi) is 5.49. The van der Waals surface area contributed by atoms with E-state index in [0.29, 0.717) is 0 Å². The Labute approximate surface area is 90.3 Å². The predicted octanol–water partition coefficient (Wildman–Crippen LogP) is 1.12. The summed E-state index contributed by atoms with van der Waals surface area (Å²) in [4.78, 5) is 10.7. The summed E-state index contributed by atoms with van der Waals surface area (Å²) in [6, 6.07) is -1.15. The summed E-state index contributed by atoms with van der Waals surface area (Å²) in [6.07, 6.45) is 0. The minimum absolute atomic E-state index is 0.147. The molecule has 5 nitrogen and oxygen atoms in total. The number of carbonyl (C=O) groups is 1. The van der Waals surface area contributed by atoms with Gasteiger partial charge in [-0.15, -0.1) is 0 Å². The number of aliphatic hydroxyl groups is 1. The van der Waals surface area contributed by atoms with Crippen LogP contribution >= 0.6 is 7.29 Å². The van der Waals surface area contributed by atoms with E-state index in [1.807, 2.05) is 0 Å². The Bertz CT molecular complexity index is 253. The van der Waals surface area contributed by atoms with Gasteiger partial charge < -0.3 is 14.8 Å². The number of aliphatic carboxylic acids is 1. The first-order chi connectivity index (χ1) is 6.75. The highest BCUT2D eigenvalue weighted by Crippen LogP contribution is 2.51. The molecule has 0 aromatic heterocycles. The zero-order chi connectivity index (χ0) is 12.2. The first-order valence-corrected chi connectivity index (χ1v) is 6.81. The van der Waals surface area contributed by atoms with Gasteiger partial charge in [0.25, 0.3) is 0 Å². The smallest absolute Gasteiger partial charge is 0.323 e. The van der Waals surface area contributed by atoms with E-state index in [2.05, 4.69) is 5.09 Å². The fourth-order valence-corrected chi connectivity index (χ4v) is 3.78. The lowest BCUT2D eigenvalue weighted by Crippen LogP contribution is -2.40. The quantitative estimate of drug-likeness (QED) is 0.602. The molecule has 0 spiro atoms. The second-order valence-corrected chi connectivity index (χ2v) is 7.84. The maximum atomic E-state index is 12.4. The molecule has 0 aromatic rings. The number of hydrogen-bond donors (Lipinski definition) is 3. The van der Waals surface area contributed by atoms with Crippen LogP contribution in [0.2, 0.25) is 0 Å². The maximum absolute atomic E-state index is 12.4. The summed E-state index contributed by atoms with van der Waals surface area (Å²) in [5.74, 6) is -1.18. The fourth-order valence-electron chi connectivity index (χ4n) is 1.31. The van der Waals surface area contributed by atoms with Gasteiger partial charge in [0, 0.05) is 11.3 Å². The molecular formula is C9H20NO4P. The van der Waals surface area contributed by atoms with E-state index in [-0.39, 0.29) is 11.3 Å². The highest BCUT2D eigenvalue weighted by atomic mass is 31.2. The highest BCUT2D eigenvalue weighted by Gasteiger charge is 2.34. The molecule has 0 saturated carbocycles. The summed E-state index contributed by atoms with van der Waals surface area (Å²) >= 11 is 0. The molecule has 0 aliphatic carbocycles. The Balaban J connectivity index is 4.84. The molecule has 0 radical (unpaired) electrons. The summed E-state index contributed by atoms with van der Waals surface area (Å²) in [5, 5.41) is 20.2. The van der Waals surface area contributed by atoms with Gasteiger partial charge in [-0.25, -0.2) is 0 Å². The third-order valence-corrected chi connectivity index (χ3v) is 6.16. The minimum atomic E-state index is -2.78. The van der Waals surface area contributed by atoms with E-state index >= 15 is 0 Å². The van der Waals surface area contributed by atoms with Crippen LogP contribution in [-0.4, -0.2) is 40.1 Å². The van der Waals surface area contributed by atoms with Crippen LogP contribution in [-0.2, 0) is 9.36 Å². The zero-order valence-corrected chi connectivity index (χ0v) is 10.5. The van der Waals surface area contributed by atoms with E-state index in [9.17, 15) is 9.36 Å². The van der Waals surface area contributed by atoms with Crippen LogP contribution in [0.5, 0.6) is 0 Å². The topological polar surface area (TPSA) is 86.6 Å². The van der Waals surface area contributed by atoms with Crippen LogP contribution in [0.25, 0.3) is 0 Å². The molecule has 15 heavy (non-hydrogen) atoms. The minimum Gasteiger partial charge on any atom is -0.480 e. The van der Waals surface area contributed by atoms with E-state index in [4.69, 9.17) is 10.2 Å². The lowest BCUT2D eigenvalue weighted by molar-refractivity contribution is -0.139. The van der Waals surface area contributed by atoms with Crippen molar-refractivity contribution < 1.29 is 19.6 Å². The molecule has 6 heteroatoms. The molecule has 90 valence electrons. The zero-order valence-electron chi connectivity index (χ0n) is 9.60. The Morgan fingerprint density at radius 3 is 1.87 bits per heavy atom. The first kappa shape index (κ1) is 14.6. The first-order valence-electron chi connectivity index (χ1n) is 4.96. The third kappa shape index (κ3) is 3.59. The number of hydrogen-bond acceptors (Lipinski definition) is 3. The second-order valence-electron chi connectivity index (χ2n) is 4.10. The number of aliphatic hydroxyl groups excluding tert-OH is 1. The Hall–Kier alpha value is -0.380. The summed E-state index contributed by atoms with van der Waals surface area (Å²) in [5.41, 5.74) is -0.295. The van der Waals surface area contributed by atoms with Crippen LogP contribution in [0.1, 0.15) is 27.7 Å². The molecule has 0 fully saturated rings. The molecule has 0 amide bonds. The van der Waals surface area contributed by atoms with E-state index in [0.717, 1.165) is 0 Å². The van der Waals surface area contributed by atoms with Crippen LogP contribution in [0.3, 0.4) is 0 Å². The average Bonchev–Trinajstić information content (AvgIpc) is 2.12. The number of nitrogens with one attached hydrogen (secondary N) is 1. The Morgan fingerprint density at radius 1 is 1.27 bits per heavy atom. The van der Waals surface area contributed by atoms with Gasteiger partial charge in [-0.1, -0.05) is 27.7 Å². The number of carboxylic acid groups (broad SMARTS) is 1. The van der Waals surface area contributed by atoms with E-state index < -0.39 is 25.9 Å². The lowest BCUT2D eigenvalue weighted by atomic mass is 10.3. The van der Waals surface area contributed by atoms with Gasteiger partial charge in [-0.3, -0.25) is 9.88 Å². The molecule has 1 atom stereocenters. The molecule has 0 aliphatic heterocycles. The normalized spacial score (nSPS) is 14.6. The summed E-state index contributed by atoms with van der Waals surface area (Å²) in [6.45, 7) is 6.57. The largest absolute Gasteiger partial charge is 0.480 e. The van der Waals surface area contributed by atoms with Gasteiger partial charge in [0.1, 0.15) is 6.04 Å². The molecule has 0 unspecified atom stereocenters. The molecular weight excluding hydrogens is 217 g/mol. The van der Waals surface area contributed by atoms with Crippen LogP contribution in [0.4, 0.5) is 0 Å². The van der Waals surface area contributed by atoms with Crippen molar-refractivity contribution >= 4 is 13.3 Å². The third-order valence-electron chi connectivity index (χ3n) is 2.37. The van der Waals surface area contributed by atoms with Crippen molar-refractivity contribution in [1.29, 1.82) is 0 Å². The van der Waals surface area contributed by atoms with Crippen molar-refractivity contribution in [1.82, 2.24) is 5.09 Å². The van der Waals surface area contributed by atoms with Crippen molar-refractivity contribution in [3.8, 4) is 0 Å². The predicted molar refractivity (Wildman–Crippen MR) is 59.5 cm³/mol. The maximum Gasteiger partial charge on any atom is 0.323 e. The standard InChI is InChI=1S/C9H20NO4P/c1-6(2)15(14,7(3)4)10-8(5-11)9(12)13/h6-8,11H,5H2,1-4H3,(H,10,14)(H,12,13)/t8-/m0/s1. The Morgan fingerprint density at radius 2 is 1.67 bits per heavy atom. The summed E-state index contributed by atoms with van der Waals surface area (Å²) in [7, 11) is -2.78. The van der Waals surface area contributed by atoms with Crippen LogP contribution < -0.4 is 5.09 Å². The van der Waals surface area contributed by atoms with E-state index in [1.165, 1.54) is 0 Å². The van der Waals surface area contributed by atoms with E-state index in [1.54, 1.807) is 27.7 Å². The van der Waals surface area contributed by atoms with Gasteiger partial charge in [-0.2, -0.15) is 0 Å². The van der Waals surface area contributed by atoms with Crippen molar-refractivity contribution in [2.75, 3.05) is 6.61 Å². The molecule has 0 aliphatic rings. The second kappa shape index (κ2) is 5.64. The van der Waals surface area contributed by atoms with Gasteiger partial charge >= 0.3 is 5.97 Å². The lowest BCUT2D eigenvalue weighted by Gasteiger charge is -2.29. The van der Waals surface area contributed by atoms with Crippen molar-refractivity contribution in [3.05, 3.63) is 0 Å². The fraction of sp³-hybridized carbons (Fsp3) is 0.889. The number of rotatable bonds is 6. The molecule has 0 rings (SSSR count). The van der Waals surface area contributed by atoms with Crippen molar-refractivity contribution in [2.45, 2.75) is 45.1 Å². The van der Waals surface area contributed by atoms with Gasteiger partial charge in [0.2, 0.25) is 0 Å². The van der Waals surface area contributed by atoms with Crippen molar-refractivity contribution in [2.24, 2.45) is 0 Å². The average molecular weight is 237 g/mol. The van der Waals surface area contributed by atoms with Crippen molar-refractivity contribution in [3.63, 3.8) is 0 Å². The van der Waals surface area contributed by atoms with Gasteiger partial charge in [0.15, 0.2) is 7.29 Å². The monoisotopic (exact) mass is 237 g/mol. The highest BCUT2D eigenvalue weighted by molar-refractivity contribution is 7.63.